The van der Waals surface area contributed by atoms with Gasteiger partial charge >= 0.3 is 0 Å². The van der Waals surface area contributed by atoms with Crippen molar-refractivity contribution in [3.05, 3.63) is 54.1 Å². The third kappa shape index (κ3) is 2.81. The maximum Gasteiger partial charge on any atom is 0.252 e. The fourth-order valence-electron chi connectivity index (χ4n) is 3.97. The van der Waals surface area contributed by atoms with E-state index in [0.717, 1.165) is 49.4 Å². The summed E-state index contributed by atoms with van der Waals surface area (Å²) in [6.07, 6.45) is 6.21. The molecule has 6 nitrogen and oxygen atoms in total. The molecule has 0 bridgehead atoms. The second-order valence-electron chi connectivity index (χ2n) is 6.72. The molecule has 0 unspecified atom stereocenters. The molecule has 0 spiro atoms. The van der Waals surface area contributed by atoms with Crippen molar-refractivity contribution in [1.29, 1.82) is 0 Å². The van der Waals surface area contributed by atoms with E-state index < -0.39 is 5.91 Å². The number of fused-ring (bicyclic) bond motifs is 1. The van der Waals surface area contributed by atoms with E-state index in [-0.39, 0.29) is 0 Å². The summed E-state index contributed by atoms with van der Waals surface area (Å²) in [4.78, 5) is 22.8. The molecule has 0 saturated carbocycles. The number of amides is 1. The van der Waals surface area contributed by atoms with Crippen LogP contribution in [0.5, 0.6) is 0 Å². The summed E-state index contributed by atoms with van der Waals surface area (Å²) >= 11 is 0. The van der Waals surface area contributed by atoms with Gasteiger partial charge in [0.05, 0.1) is 22.3 Å². The topological polar surface area (TPSA) is 77.0 Å². The Balaban J connectivity index is 1.59. The number of anilines is 1. The number of aryl methyl sites for hydroxylation is 1. The largest absolute Gasteiger partial charge is 0.371 e. The maximum absolute atomic E-state index is 11.7. The second-order valence-corrected chi connectivity index (χ2v) is 6.72. The van der Waals surface area contributed by atoms with Crippen molar-refractivity contribution in [1.82, 2.24) is 14.5 Å². The SMILES string of the molecule is CCc1nc2ccccc2n1C1CCN(c2ccncc2C(N)=O)CC1. The highest BCUT2D eigenvalue weighted by molar-refractivity contribution is 5.98. The Kier molecular flexibility index (Phi) is 4.32. The quantitative estimate of drug-likeness (QED) is 0.786. The molecular weight excluding hydrogens is 326 g/mol. The molecule has 2 N–H and O–H groups in total. The van der Waals surface area contributed by atoms with Crippen LogP contribution in [0.15, 0.2) is 42.7 Å². The number of nitrogens with zero attached hydrogens (tertiary/aromatic N) is 4. The van der Waals surface area contributed by atoms with Gasteiger partial charge in [-0.15, -0.1) is 0 Å². The van der Waals surface area contributed by atoms with Crippen molar-refractivity contribution in [2.75, 3.05) is 18.0 Å². The zero-order valence-electron chi connectivity index (χ0n) is 14.9. The van der Waals surface area contributed by atoms with E-state index in [9.17, 15) is 4.79 Å². The minimum absolute atomic E-state index is 0.424. The van der Waals surface area contributed by atoms with Crippen molar-refractivity contribution in [2.45, 2.75) is 32.2 Å². The van der Waals surface area contributed by atoms with Crippen LogP contribution in [-0.2, 0) is 6.42 Å². The van der Waals surface area contributed by atoms with Crippen molar-refractivity contribution in [2.24, 2.45) is 5.73 Å². The summed E-state index contributed by atoms with van der Waals surface area (Å²) in [7, 11) is 0. The van der Waals surface area contributed by atoms with Crippen molar-refractivity contribution in [3.63, 3.8) is 0 Å². The van der Waals surface area contributed by atoms with E-state index >= 15 is 0 Å². The van der Waals surface area contributed by atoms with Gasteiger partial charge in [0.2, 0.25) is 0 Å². The van der Waals surface area contributed by atoms with Crippen LogP contribution in [0, 0.1) is 0 Å². The molecule has 0 aliphatic carbocycles. The normalized spacial score (nSPS) is 15.5. The van der Waals surface area contributed by atoms with E-state index in [1.165, 1.54) is 5.52 Å². The number of rotatable bonds is 4. The minimum Gasteiger partial charge on any atom is -0.371 e. The Morgan fingerprint density at radius 3 is 2.73 bits per heavy atom. The number of hydrogen-bond donors (Lipinski definition) is 1. The van der Waals surface area contributed by atoms with Crippen LogP contribution in [0.1, 0.15) is 42.0 Å². The van der Waals surface area contributed by atoms with Gasteiger partial charge in [-0.25, -0.2) is 4.98 Å². The Morgan fingerprint density at radius 2 is 2.00 bits per heavy atom. The summed E-state index contributed by atoms with van der Waals surface area (Å²) in [5.74, 6) is 0.718. The monoisotopic (exact) mass is 349 g/mol. The Hall–Kier alpha value is -2.89. The van der Waals surface area contributed by atoms with E-state index in [1.807, 2.05) is 12.1 Å². The molecule has 0 radical (unpaired) electrons. The van der Waals surface area contributed by atoms with Gasteiger partial charge in [-0.1, -0.05) is 19.1 Å². The number of pyridine rings is 1. The molecule has 1 amide bonds. The lowest BCUT2D eigenvalue weighted by atomic mass is 10.0. The highest BCUT2D eigenvalue weighted by atomic mass is 16.1. The zero-order valence-corrected chi connectivity index (χ0v) is 14.9. The van der Waals surface area contributed by atoms with Crippen molar-refractivity contribution < 1.29 is 4.79 Å². The van der Waals surface area contributed by atoms with Gasteiger partial charge in [-0.05, 0) is 31.0 Å². The molecule has 4 rings (SSSR count). The van der Waals surface area contributed by atoms with Gasteiger partial charge in [0, 0.05) is 37.9 Å². The number of para-hydroxylation sites is 2. The third-order valence-corrected chi connectivity index (χ3v) is 5.22. The Bertz CT molecular complexity index is 940. The van der Waals surface area contributed by atoms with Gasteiger partial charge in [-0.2, -0.15) is 0 Å². The molecule has 3 heterocycles. The van der Waals surface area contributed by atoms with Gasteiger partial charge in [0.15, 0.2) is 0 Å². The summed E-state index contributed by atoms with van der Waals surface area (Å²) in [5.41, 5.74) is 9.17. The highest BCUT2D eigenvalue weighted by Gasteiger charge is 2.25. The number of hydrogen-bond acceptors (Lipinski definition) is 4. The maximum atomic E-state index is 11.7. The van der Waals surface area contributed by atoms with E-state index in [4.69, 9.17) is 10.7 Å². The number of benzene rings is 1. The first-order valence-corrected chi connectivity index (χ1v) is 9.13. The average Bonchev–Trinajstić information content (AvgIpc) is 3.06. The summed E-state index contributed by atoms with van der Waals surface area (Å²) in [5, 5.41) is 0. The third-order valence-electron chi connectivity index (χ3n) is 5.22. The van der Waals surface area contributed by atoms with Crippen LogP contribution in [-0.4, -0.2) is 33.5 Å². The molecule has 1 saturated heterocycles. The summed E-state index contributed by atoms with van der Waals surface area (Å²) in [6, 6.07) is 10.7. The fraction of sp³-hybridized carbons (Fsp3) is 0.350. The van der Waals surface area contributed by atoms with Crippen LogP contribution in [0.25, 0.3) is 11.0 Å². The van der Waals surface area contributed by atoms with Gasteiger partial charge in [0.1, 0.15) is 5.82 Å². The number of imidazole rings is 1. The summed E-state index contributed by atoms with van der Waals surface area (Å²) in [6.45, 7) is 3.91. The number of primary amides is 1. The number of carbonyl (C=O) groups excluding carboxylic acids is 1. The Morgan fingerprint density at radius 1 is 1.23 bits per heavy atom. The van der Waals surface area contributed by atoms with Crippen LogP contribution in [0.3, 0.4) is 0 Å². The smallest absolute Gasteiger partial charge is 0.252 e. The number of aromatic nitrogens is 3. The molecule has 1 aromatic carbocycles. The van der Waals surface area contributed by atoms with E-state index in [0.29, 0.717) is 11.6 Å². The van der Waals surface area contributed by atoms with Crippen LogP contribution in [0.2, 0.25) is 0 Å². The first-order valence-electron chi connectivity index (χ1n) is 9.13. The number of nitrogens with two attached hydrogens (primary N) is 1. The summed E-state index contributed by atoms with van der Waals surface area (Å²) < 4.78 is 2.41. The van der Waals surface area contributed by atoms with Crippen LogP contribution in [0.4, 0.5) is 5.69 Å². The molecular formula is C20H23N5O. The minimum atomic E-state index is -0.427. The lowest BCUT2D eigenvalue weighted by molar-refractivity contribution is 0.100. The highest BCUT2D eigenvalue weighted by Crippen LogP contribution is 2.31. The molecule has 1 aliphatic rings. The first kappa shape index (κ1) is 16.6. The standard InChI is InChI=1S/C20H23N5O/c1-2-19-23-16-5-3-4-6-18(16)25(19)14-8-11-24(12-9-14)17-7-10-22-13-15(17)20(21)26/h3-7,10,13-14H,2,8-9,11-12H2,1H3,(H2,21,26). The lowest BCUT2D eigenvalue weighted by Gasteiger charge is -2.35. The zero-order chi connectivity index (χ0) is 18.1. The molecule has 6 heteroatoms. The van der Waals surface area contributed by atoms with E-state index in [2.05, 4.69) is 39.6 Å². The van der Waals surface area contributed by atoms with Gasteiger partial charge < -0.3 is 15.2 Å². The van der Waals surface area contributed by atoms with Crippen molar-refractivity contribution >= 4 is 22.6 Å². The average molecular weight is 349 g/mol. The van der Waals surface area contributed by atoms with Crippen molar-refractivity contribution in [3.8, 4) is 0 Å². The number of carbonyl (C=O) groups is 1. The molecule has 2 aromatic heterocycles. The lowest BCUT2D eigenvalue weighted by Crippen LogP contribution is -2.36. The van der Waals surface area contributed by atoms with E-state index in [1.54, 1.807) is 12.4 Å². The van der Waals surface area contributed by atoms with Crippen LogP contribution < -0.4 is 10.6 Å². The molecule has 1 fully saturated rings. The predicted octanol–water partition coefficient (Wildman–Crippen LogP) is 2.93. The molecule has 0 atom stereocenters. The first-order chi connectivity index (χ1) is 12.7. The van der Waals surface area contributed by atoms with Crippen LogP contribution >= 0.6 is 0 Å². The predicted molar refractivity (Wildman–Crippen MR) is 102 cm³/mol. The Labute approximate surface area is 152 Å². The molecule has 134 valence electrons. The molecule has 3 aromatic rings. The molecule has 1 aliphatic heterocycles. The van der Waals surface area contributed by atoms with Gasteiger partial charge in [-0.3, -0.25) is 9.78 Å². The molecule has 26 heavy (non-hydrogen) atoms. The fourth-order valence-corrected chi connectivity index (χ4v) is 3.97. The second kappa shape index (κ2) is 6.78. The van der Waals surface area contributed by atoms with Gasteiger partial charge in [0.25, 0.3) is 5.91 Å². The number of piperidine rings is 1.